The van der Waals surface area contributed by atoms with Gasteiger partial charge >= 0.3 is 5.97 Å². The second-order valence-corrected chi connectivity index (χ2v) is 5.60. The number of aryl methyl sites for hydroxylation is 2. The third-order valence-corrected chi connectivity index (χ3v) is 3.23. The van der Waals surface area contributed by atoms with Crippen LogP contribution in [0.1, 0.15) is 32.1 Å². The molecule has 0 aliphatic rings. The lowest BCUT2D eigenvalue weighted by atomic mass is 10.1. The van der Waals surface area contributed by atoms with E-state index in [4.69, 9.17) is 4.74 Å². The van der Waals surface area contributed by atoms with Gasteiger partial charge in [0.05, 0.1) is 13.3 Å². The molecule has 0 N–H and O–H groups in total. The molecular weight excluding hydrogens is 308 g/mol. The number of rotatable bonds is 5. The van der Waals surface area contributed by atoms with Gasteiger partial charge in [-0.05, 0) is 31.5 Å². The summed E-state index contributed by atoms with van der Waals surface area (Å²) in [5, 5.41) is 4.17. The van der Waals surface area contributed by atoms with E-state index in [1.165, 1.54) is 24.1 Å². The smallest absolute Gasteiger partial charge is 0.341 e. The fourth-order valence-corrected chi connectivity index (χ4v) is 2.24. The van der Waals surface area contributed by atoms with Crippen molar-refractivity contribution in [2.75, 3.05) is 21.2 Å². The minimum atomic E-state index is -0.618. The lowest BCUT2D eigenvalue weighted by Crippen LogP contribution is -2.14. The molecule has 0 aliphatic heterocycles. The number of aromatic nitrogens is 3. The minimum absolute atomic E-state index is 0.104. The van der Waals surface area contributed by atoms with Crippen LogP contribution in [0.25, 0.3) is 5.82 Å². The number of hydrogen-bond donors (Lipinski definition) is 0. The Labute approximate surface area is 140 Å². The zero-order chi connectivity index (χ0) is 17.9. The fourth-order valence-electron chi connectivity index (χ4n) is 2.24. The summed E-state index contributed by atoms with van der Waals surface area (Å²) < 4.78 is 6.12. The van der Waals surface area contributed by atoms with Crippen LogP contribution in [0, 0.1) is 13.8 Å². The first-order valence-electron chi connectivity index (χ1n) is 7.34. The molecule has 0 saturated carbocycles. The Morgan fingerprint density at radius 1 is 1.25 bits per heavy atom. The Bertz CT molecular complexity index is 786. The van der Waals surface area contributed by atoms with Crippen molar-refractivity contribution in [1.29, 1.82) is 0 Å². The number of pyridine rings is 1. The third-order valence-electron chi connectivity index (χ3n) is 3.23. The standard InChI is InChI=1S/C17H20N4O3/c1-11-8-12(2)19-15(9-11)21-16(14(22)6-7-20(3)4)13(10-18-21)17(23)24-5/h6-10H,1-5H3. The van der Waals surface area contributed by atoms with Crippen LogP contribution in [0.3, 0.4) is 0 Å². The van der Waals surface area contributed by atoms with Crippen LogP contribution in [-0.2, 0) is 4.74 Å². The number of ketones is 1. The molecular formula is C17H20N4O3. The van der Waals surface area contributed by atoms with E-state index >= 15 is 0 Å². The lowest BCUT2D eigenvalue weighted by molar-refractivity contribution is 0.0597. The first-order valence-corrected chi connectivity index (χ1v) is 7.34. The average Bonchev–Trinajstić information content (AvgIpc) is 2.95. The van der Waals surface area contributed by atoms with Gasteiger partial charge in [0, 0.05) is 32.1 Å². The van der Waals surface area contributed by atoms with E-state index in [9.17, 15) is 9.59 Å². The first-order chi connectivity index (χ1) is 11.3. The normalized spacial score (nSPS) is 10.9. The molecule has 0 radical (unpaired) electrons. The van der Waals surface area contributed by atoms with E-state index < -0.39 is 5.97 Å². The Morgan fingerprint density at radius 2 is 1.96 bits per heavy atom. The van der Waals surface area contributed by atoms with Crippen molar-refractivity contribution in [3.05, 3.63) is 53.1 Å². The molecule has 0 saturated heterocycles. The minimum Gasteiger partial charge on any atom is -0.465 e. The van der Waals surface area contributed by atoms with Crippen molar-refractivity contribution in [2.45, 2.75) is 13.8 Å². The van der Waals surface area contributed by atoms with Crippen molar-refractivity contribution in [1.82, 2.24) is 19.7 Å². The van der Waals surface area contributed by atoms with Gasteiger partial charge in [-0.2, -0.15) is 5.10 Å². The monoisotopic (exact) mass is 328 g/mol. The maximum Gasteiger partial charge on any atom is 0.341 e. The van der Waals surface area contributed by atoms with Crippen LogP contribution >= 0.6 is 0 Å². The average molecular weight is 328 g/mol. The number of hydrogen-bond acceptors (Lipinski definition) is 6. The predicted octanol–water partition coefficient (Wildman–Crippen LogP) is 1.93. The molecule has 2 aromatic rings. The SMILES string of the molecule is COC(=O)c1cnn(-c2cc(C)cc(C)n2)c1C(=O)C=CN(C)C. The largest absolute Gasteiger partial charge is 0.465 e. The molecule has 7 heteroatoms. The molecule has 7 nitrogen and oxygen atoms in total. The van der Waals surface area contributed by atoms with Crippen LogP contribution in [0.5, 0.6) is 0 Å². The van der Waals surface area contributed by atoms with E-state index in [-0.39, 0.29) is 17.0 Å². The van der Waals surface area contributed by atoms with E-state index in [1.807, 2.05) is 19.9 Å². The number of esters is 1. The fraction of sp³-hybridized carbons (Fsp3) is 0.294. The molecule has 24 heavy (non-hydrogen) atoms. The van der Waals surface area contributed by atoms with Crippen molar-refractivity contribution < 1.29 is 14.3 Å². The Hall–Kier alpha value is -2.96. The zero-order valence-electron chi connectivity index (χ0n) is 14.4. The number of ether oxygens (including phenoxy) is 1. The number of carbonyl (C=O) groups excluding carboxylic acids is 2. The van der Waals surface area contributed by atoms with Gasteiger partial charge in [-0.25, -0.2) is 14.5 Å². The highest BCUT2D eigenvalue weighted by molar-refractivity contribution is 6.10. The molecule has 0 unspecified atom stereocenters. The van der Waals surface area contributed by atoms with E-state index in [0.717, 1.165) is 11.3 Å². The number of nitrogens with zero attached hydrogens (tertiary/aromatic N) is 4. The van der Waals surface area contributed by atoms with Crippen LogP contribution in [0.4, 0.5) is 0 Å². The summed E-state index contributed by atoms with van der Waals surface area (Å²) in [5.74, 6) is -0.501. The molecule has 0 amide bonds. The van der Waals surface area contributed by atoms with Gasteiger partial charge in [0.15, 0.2) is 5.82 Å². The van der Waals surface area contributed by atoms with Crippen LogP contribution in [0.15, 0.2) is 30.6 Å². The highest BCUT2D eigenvalue weighted by Crippen LogP contribution is 2.17. The number of carbonyl (C=O) groups is 2. The Balaban J connectivity index is 2.62. The molecule has 2 rings (SSSR count). The van der Waals surface area contributed by atoms with Crippen LogP contribution in [0.2, 0.25) is 0 Å². The molecule has 0 spiro atoms. The Morgan fingerprint density at radius 3 is 2.54 bits per heavy atom. The number of methoxy groups -OCH3 is 1. The quantitative estimate of drug-likeness (QED) is 0.474. The van der Waals surface area contributed by atoms with E-state index in [0.29, 0.717) is 5.82 Å². The highest BCUT2D eigenvalue weighted by Gasteiger charge is 2.24. The summed E-state index contributed by atoms with van der Waals surface area (Å²) in [6.07, 6.45) is 4.31. The molecule has 0 aromatic carbocycles. The summed E-state index contributed by atoms with van der Waals surface area (Å²) in [6.45, 7) is 3.78. The van der Waals surface area contributed by atoms with Gasteiger partial charge in [0.1, 0.15) is 11.3 Å². The molecule has 2 heterocycles. The summed E-state index contributed by atoms with van der Waals surface area (Å²) in [6, 6.07) is 3.72. The molecule has 0 bridgehead atoms. The third kappa shape index (κ3) is 3.68. The summed E-state index contributed by atoms with van der Waals surface area (Å²) in [7, 11) is 4.86. The topological polar surface area (TPSA) is 77.3 Å². The van der Waals surface area contributed by atoms with Gasteiger partial charge in [-0.1, -0.05) is 0 Å². The molecule has 0 fully saturated rings. The van der Waals surface area contributed by atoms with Crippen molar-refractivity contribution >= 4 is 11.8 Å². The summed E-state index contributed by atoms with van der Waals surface area (Å²) in [4.78, 5) is 30.7. The van der Waals surface area contributed by atoms with Crippen LogP contribution < -0.4 is 0 Å². The predicted molar refractivity (Wildman–Crippen MR) is 89.3 cm³/mol. The van der Waals surface area contributed by atoms with Crippen molar-refractivity contribution in [2.24, 2.45) is 0 Å². The zero-order valence-corrected chi connectivity index (χ0v) is 14.4. The molecule has 2 aromatic heterocycles. The maximum absolute atomic E-state index is 12.6. The second kappa shape index (κ2) is 7.08. The van der Waals surface area contributed by atoms with Gasteiger partial charge < -0.3 is 9.64 Å². The molecule has 0 atom stereocenters. The highest BCUT2D eigenvalue weighted by atomic mass is 16.5. The van der Waals surface area contributed by atoms with E-state index in [2.05, 4.69) is 10.1 Å². The lowest BCUT2D eigenvalue weighted by Gasteiger charge is -2.09. The van der Waals surface area contributed by atoms with Gasteiger partial charge in [0.2, 0.25) is 5.78 Å². The van der Waals surface area contributed by atoms with E-state index in [1.54, 1.807) is 31.3 Å². The first kappa shape index (κ1) is 17.4. The second-order valence-electron chi connectivity index (χ2n) is 5.60. The van der Waals surface area contributed by atoms with Crippen LogP contribution in [-0.4, -0.2) is 52.6 Å². The molecule has 126 valence electrons. The summed E-state index contributed by atoms with van der Waals surface area (Å²) >= 11 is 0. The number of allylic oxidation sites excluding steroid dienone is 1. The van der Waals surface area contributed by atoms with Crippen molar-refractivity contribution in [3.63, 3.8) is 0 Å². The Kier molecular flexibility index (Phi) is 5.13. The van der Waals surface area contributed by atoms with Crippen molar-refractivity contribution in [3.8, 4) is 5.82 Å². The molecule has 0 aliphatic carbocycles. The maximum atomic E-state index is 12.6. The van der Waals surface area contributed by atoms with Gasteiger partial charge in [-0.3, -0.25) is 4.79 Å². The summed E-state index contributed by atoms with van der Waals surface area (Å²) in [5.41, 5.74) is 2.00. The van der Waals surface area contributed by atoms with Gasteiger partial charge in [0.25, 0.3) is 0 Å². The van der Waals surface area contributed by atoms with Gasteiger partial charge in [-0.15, -0.1) is 0 Å².